The van der Waals surface area contributed by atoms with E-state index in [1.54, 1.807) is 97.9 Å². The summed E-state index contributed by atoms with van der Waals surface area (Å²) in [5.74, 6) is -1.60. The third kappa shape index (κ3) is 4.17. The molecule has 1 heterocycles. The summed E-state index contributed by atoms with van der Waals surface area (Å²) in [7, 11) is 0. The third-order valence-corrected chi connectivity index (χ3v) is 6.11. The highest BCUT2D eigenvalue weighted by Crippen LogP contribution is 2.64. The van der Waals surface area contributed by atoms with E-state index in [-0.39, 0.29) is 18.1 Å². The van der Waals surface area contributed by atoms with Gasteiger partial charge in [0.05, 0.1) is 16.7 Å². The zero-order chi connectivity index (χ0) is 24.5. The molecule has 1 saturated carbocycles. The zero-order valence-electron chi connectivity index (χ0n) is 18.9. The van der Waals surface area contributed by atoms with E-state index >= 15 is 0 Å². The van der Waals surface area contributed by atoms with Crippen LogP contribution in [0.2, 0.25) is 0 Å². The Morgan fingerprint density at radius 3 is 1.77 bits per heavy atom. The van der Waals surface area contributed by atoms with Gasteiger partial charge in [-0.3, -0.25) is 0 Å². The van der Waals surface area contributed by atoms with E-state index in [1.165, 1.54) is 0 Å². The smallest absolute Gasteiger partial charge is 0.343 e. The summed E-state index contributed by atoms with van der Waals surface area (Å²) in [6.07, 6.45) is 0.298. The standard InChI is InChI=1S/C28H22O7/c1-27-18-28(27,35-26(31)21-15-9-4-10-16-21)23(33-25(30)20-13-7-3-8-14-20)22(34-27)17-32-24(29)19-11-5-2-6-12-19/h2-16H,17-18H2,1H3. The van der Waals surface area contributed by atoms with Crippen LogP contribution in [0.4, 0.5) is 0 Å². The number of hydrogen-bond donors (Lipinski definition) is 0. The Bertz CT molecular complexity index is 1300. The quantitative estimate of drug-likeness (QED) is 0.365. The lowest BCUT2D eigenvalue weighted by Crippen LogP contribution is -2.30. The minimum atomic E-state index is -1.31. The molecule has 176 valence electrons. The van der Waals surface area contributed by atoms with Crippen molar-refractivity contribution in [3.8, 4) is 0 Å². The Labute approximate surface area is 201 Å². The van der Waals surface area contributed by atoms with Crippen molar-refractivity contribution in [1.29, 1.82) is 0 Å². The number of carbonyl (C=O) groups is 3. The number of ether oxygens (including phenoxy) is 4. The van der Waals surface area contributed by atoms with Crippen LogP contribution in [-0.2, 0) is 18.9 Å². The van der Waals surface area contributed by atoms with Crippen LogP contribution in [0.1, 0.15) is 44.4 Å². The Morgan fingerprint density at radius 1 is 0.743 bits per heavy atom. The lowest BCUT2D eigenvalue weighted by molar-refractivity contribution is -0.00534. The molecule has 2 aliphatic rings. The molecule has 7 nitrogen and oxygen atoms in total. The Morgan fingerprint density at radius 2 is 1.23 bits per heavy atom. The molecule has 1 aliphatic carbocycles. The van der Waals surface area contributed by atoms with Crippen LogP contribution in [0.3, 0.4) is 0 Å². The number of benzene rings is 3. The average Bonchev–Trinajstić information content (AvgIpc) is 3.41. The summed E-state index contributed by atoms with van der Waals surface area (Å²) >= 11 is 0. The molecule has 5 rings (SSSR count). The van der Waals surface area contributed by atoms with Gasteiger partial charge in [0.25, 0.3) is 0 Å². The molecule has 0 radical (unpaired) electrons. The average molecular weight is 470 g/mol. The summed E-state index contributed by atoms with van der Waals surface area (Å²) in [4.78, 5) is 38.3. The normalized spacial score (nSPS) is 22.0. The van der Waals surface area contributed by atoms with Gasteiger partial charge in [-0.1, -0.05) is 54.6 Å². The van der Waals surface area contributed by atoms with Gasteiger partial charge in [-0.25, -0.2) is 14.4 Å². The van der Waals surface area contributed by atoms with E-state index in [0.717, 1.165) is 0 Å². The van der Waals surface area contributed by atoms with E-state index in [2.05, 4.69) is 0 Å². The van der Waals surface area contributed by atoms with E-state index in [9.17, 15) is 14.4 Å². The topological polar surface area (TPSA) is 88.1 Å². The maximum absolute atomic E-state index is 12.9. The minimum absolute atomic E-state index is 0.0407. The number of fused-ring (bicyclic) bond motifs is 1. The molecule has 0 N–H and O–H groups in total. The van der Waals surface area contributed by atoms with Gasteiger partial charge >= 0.3 is 17.9 Å². The van der Waals surface area contributed by atoms with E-state index < -0.39 is 29.1 Å². The fraction of sp³-hybridized carbons (Fsp3) is 0.179. The summed E-state index contributed by atoms with van der Waals surface area (Å²) in [5, 5.41) is 0. The van der Waals surface area contributed by atoms with Crippen LogP contribution in [0.25, 0.3) is 0 Å². The Hall–Kier alpha value is -4.39. The van der Waals surface area contributed by atoms with Crippen molar-refractivity contribution in [2.45, 2.75) is 24.5 Å². The maximum atomic E-state index is 12.9. The predicted molar refractivity (Wildman–Crippen MR) is 124 cm³/mol. The molecule has 7 heteroatoms. The molecule has 3 aromatic rings. The van der Waals surface area contributed by atoms with Gasteiger partial charge in [0.2, 0.25) is 5.60 Å². The zero-order valence-corrected chi connectivity index (χ0v) is 18.9. The minimum Gasteiger partial charge on any atom is -0.480 e. The predicted octanol–water partition coefficient (Wildman–Crippen LogP) is 4.70. The Balaban J connectivity index is 1.43. The van der Waals surface area contributed by atoms with Crippen molar-refractivity contribution >= 4 is 17.9 Å². The molecule has 3 aromatic carbocycles. The van der Waals surface area contributed by atoms with Gasteiger partial charge in [0.15, 0.2) is 23.7 Å². The first-order valence-corrected chi connectivity index (χ1v) is 11.1. The highest BCUT2D eigenvalue weighted by molar-refractivity contribution is 5.92. The van der Waals surface area contributed by atoms with Gasteiger partial charge in [0.1, 0.15) is 0 Å². The van der Waals surface area contributed by atoms with Gasteiger partial charge in [-0.2, -0.15) is 0 Å². The summed E-state index contributed by atoms with van der Waals surface area (Å²) in [6.45, 7) is 1.47. The highest BCUT2D eigenvalue weighted by atomic mass is 16.7. The molecule has 0 saturated heterocycles. The molecule has 0 amide bonds. The van der Waals surface area contributed by atoms with Crippen molar-refractivity contribution in [2.24, 2.45) is 0 Å². The molecule has 35 heavy (non-hydrogen) atoms. The second kappa shape index (κ2) is 8.76. The first-order valence-electron chi connectivity index (χ1n) is 11.1. The van der Waals surface area contributed by atoms with Crippen LogP contribution < -0.4 is 0 Å². The molecular weight excluding hydrogens is 448 g/mol. The number of rotatable bonds is 7. The van der Waals surface area contributed by atoms with Crippen LogP contribution in [0, 0.1) is 0 Å². The van der Waals surface area contributed by atoms with Gasteiger partial charge in [0, 0.05) is 6.42 Å². The van der Waals surface area contributed by atoms with Gasteiger partial charge in [-0.15, -0.1) is 0 Å². The van der Waals surface area contributed by atoms with Crippen molar-refractivity contribution in [3.63, 3.8) is 0 Å². The fourth-order valence-electron chi connectivity index (χ4n) is 4.14. The second-order valence-electron chi connectivity index (χ2n) is 8.54. The molecule has 1 fully saturated rings. The first kappa shape index (κ1) is 22.4. The molecule has 0 aromatic heterocycles. The number of carbonyl (C=O) groups excluding carboxylic acids is 3. The van der Waals surface area contributed by atoms with Crippen molar-refractivity contribution in [3.05, 3.63) is 119 Å². The van der Waals surface area contributed by atoms with Gasteiger partial charge < -0.3 is 18.9 Å². The van der Waals surface area contributed by atoms with Crippen LogP contribution in [0.15, 0.2) is 103 Å². The molecule has 2 atom stereocenters. The van der Waals surface area contributed by atoms with Gasteiger partial charge in [-0.05, 0) is 43.3 Å². The van der Waals surface area contributed by atoms with E-state index in [1.807, 2.05) is 0 Å². The lowest BCUT2D eigenvalue weighted by Gasteiger charge is -2.18. The van der Waals surface area contributed by atoms with Crippen LogP contribution >= 0.6 is 0 Å². The second-order valence-corrected chi connectivity index (χ2v) is 8.54. The monoisotopic (exact) mass is 470 g/mol. The summed E-state index contributed by atoms with van der Waals surface area (Å²) in [5.41, 5.74) is -1.21. The molecule has 1 aliphatic heterocycles. The van der Waals surface area contributed by atoms with E-state index in [0.29, 0.717) is 23.1 Å². The van der Waals surface area contributed by atoms with Crippen LogP contribution in [0.5, 0.6) is 0 Å². The lowest BCUT2D eigenvalue weighted by atomic mass is 10.1. The molecule has 2 unspecified atom stereocenters. The molecule has 0 bridgehead atoms. The van der Waals surface area contributed by atoms with Crippen molar-refractivity contribution < 1.29 is 33.3 Å². The van der Waals surface area contributed by atoms with Crippen LogP contribution in [-0.4, -0.2) is 35.7 Å². The SMILES string of the molecule is CC12CC1(OC(=O)c1ccccc1)C(OC(=O)c1ccccc1)=C(COC(=O)c1ccccc1)O2. The maximum Gasteiger partial charge on any atom is 0.343 e. The van der Waals surface area contributed by atoms with Crippen molar-refractivity contribution in [1.82, 2.24) is 0 Å². The molecule has 0 spiro atoms. The highest BCUT2D eigenvalue weighted by Gasteiger charge is 2.79. The summed E-state index contributed by atoms with van der Waals surface area (Å²) in [6, 6.07) is 25.5. The Kier molecular flexibility index (Phi) is 5.61. The van der Waals surface area contributed by atoms with E-state index in [4.69, 9.17) is 18.9 Å². The third-order valence-electron chi connectivity index (χ3n) is 6.11. The fourth-order valence-corrected chi connectivity index (χ4v) is 4.14. The largest absolute Gasteiger partial charge is 0.480 e. The summed E-state index contributed by atoms with van der Waals surface area (Å²) < 4.78 is 23.1. The molecular formula is C28H22O7. The number of hydrogen-bond acceptors (Lipinski definition) is 7. The van der Waals surface area contributed by atoms with Crippen molar-refractivity contribution in [2.75, 3.05) is 6.61 Å². The number of esters is 3. The first-order chi connectivity index (χ1) is 16.9.